The molecule has 0 fully saturated rings. The van der Waals surface area contributed by atoms with Crippen molar-refractivity contribution in [3.8, 4) is 0 Å². The van der Waals surface area contributed by atoms with E-state index in [-0.39, 0.29) is 68.4 Å². The Bertz CT molecular complexity index is 244. The molecule has 0 aromatic heterocycles. The molecule has 0 aromatic carbocycles. The first kappa shape index (κ1) is 36.6. The van der Waals surface area contributed by atoms with Gasteiger partial charge in [-0.3, -0.25) is 14.4 Å². The van der Waals surface area contributed by atoms with E-state index in [1.165, 1.54) is 20.8 Å². The van der Waals surface area contributed by atoms with Crippen molar-refractivity contribution in [2.45, 2.75) is 26.9 Å². The van der Waals surface area contributed by atoms with Crippen LogP contribution in [0.3, 0.4) is 0 Å². The van der Waals surface area contributed by atoms with Gasteiger partial charge in [-0.15, -0.1) is 0 Å². The van der Waals surface area contributed by atoms with Gasteiger partial charge in [-0.2, -0.15) is 0 Å². The van der Waals surface area contributed by atoms with Gasteiger partial charge in [0.2, 0.25) is 0 Å². The zero-order valence-corrected chi connectivity index (χ0v) is 13.7. The molecule has 116 valence electrons. The number of esters is 3. The van der Waals surface area contributed by atoms with Crippen LogP contribution in [0.4, 0.5) is 0 Å². The molecule has 0 bridgehead atoms. The smallest absolute Gasteiger partial charge is 2.00 e. The van der Waals surface area contributed by atoms with Crippen molar-refractivity contribution in [3.63, 3.8) is 0 Å². The van der Waals surface area contributed by atoms with E-state index in [9.17, 15) is 14.4 Å². The molecule has 0 saturated heterocycles. The Kier molecular flexibility index (Phi) is 38.2. The number of carbonyl (C=O) groups is 3. The summed E-state index contributed by atoms with van der Waals surface area (Å²) in [6.45, 7) is 3.44. The van der Waals surface area contributed by atoms with Crippen molar-refractivity contribution < 1.29 is 83.8 Å². The van der Waals surface area contributed by atoms with Crippen LogP contribution in [0.2, 0.25) is 0 Å². The fourth-order valence-corrected chi connectivity index (χ4v) is 0.771. The van der Waals surface area contributed by atoms with Crippen molar-refractivity contribution in [2.24, 2.45) is 0 Å². The second-order valence-corrected chi connectivity index (χ2v) is 2.84. The molecular formula is C9H14FeO9Ti. The second kappa shape index (κ2) is 20.8. The minimum absolute atomic E-state index is 0. The third-order valence-corrected chi connectivity index (χ3v) is 1.28. The van der Waals surface area contributed by atoms with Gasteiger partial charge in [-0.25, -0.2) is 0 Å². The summed E-state index contributed by atoms with van der Waals surface area (Å²) in [6.07, 6.45) is -0.754. The summed E-state index contributed by atoms with van der Waals surface area (Å²) in [5.41, 5.74) is 0. The zero-order valence-electron chi connectivity index (χ0n) is 11.0. The molecule has 20 heavy (non-hydrogen) atoms. The molecule has 0 aliphatic heterocycles. The Balaban J connectivity index is -0.0000000980. The summed E-state index contributed by atoms with van der Waals surface area (Å²) in [5.74, 6) is -1.51. The van der Waals surface area contributed by atoms with E-state index in [1.807, 2.05) is 0 Å². The van der Waals surface area contributed by atoms with Crippen LogP contribution in [0.5, 0.6) is 0 Å². The van der Waals surface area contributed by atoms with Crippen molar-refractivity contribution in [2.75, 3.05) is 13.2 Å². The first-order valence-electron chi connectivity index (χ1n) is 4.35. The molecule has 0 aliphatic rings. The van der Waals surface area contributed by atoms with Gasteiger partial charge in [0.15, 0.2) is 6.10 Å². The van der Waals surface area contributed by atoms with Crippen molar-refractivity contribution in [3.05, 3.63) is 0 Å². The van der Waals surface area contributed by atoms with Crippen LogP contribution >= 0.6 is 0 Å². The average molecular weight is 370 g/mol. The van der Waals surface area contributed by atoms with Crippen molar-refractivity contribution in [1.29, 1.82) is 0 Å². The van der Waals surface area contributed by atoms with Gasteiger partial charge < -0.3 is 30.6 Å². The molecule has 0 N–H and O–H groups in total. The number of hydrogen-bond donors (Lipinski definition) is 0. The van der Waals surface area contributed by atoms with Crippen molar-refractivity contribution >= 4 is 17.9 Å². The summed E-state index contributed by atoms with van der Waals surface area (Å²) in [6, 6.07) is 0. The second-order valence-electron chi connectivity index (χ2n) is 2.84. The summed E-state index contributed by atoms with van der Waals surface area (Å²) in [5, 5.41) is 0. The number of hydrogen-bond acceptors (Lipinski definition) is 6. The molecule has 0 aliphatic carbocycles. The Hall–Kier alpha value is -0.476. The van der Waals surface area contributed by atoms with Crippen LogP contribution < -0.4 is 0 Å². The standard InChI is InChI=1S/C9H14O6.Fe.3O.Ti/c1-6(10)13-4-9(15-8(3)12)5-14-7(2)11;;;;;/h9H,4-5H2,1-3H3;;;;;/q;+2;3*-2;+4. The van der Waals surface area contributed by atoms with Crippen LogP contribution in [0.25, 0.3) is 0 Å². The van der Waals surface area contributed by atoms with E-state index in [2.05, 4.69) is 9.47 Å². The Morgan fingerprint density at radius 2 is 1.10 bits per heavy atom. The van der Waals surface area contributed by atoms with Crippen LogP contribution in [-0.4, -0.2) is 37.2 Å². The first-order valence-corrected chi connectivity index (χ1v) is 4.35. The maximum absolute atomic E-state index is 10.6. The van der Waals surface area contributed by atoms with E-state index in [4.69, 9.17) is 4.74 Å². The molecule has 9 nitrogen and oxygen atoms in total. The Labute approximate surface area is 142 Å². The van der Waals surface area contributed by atoms with Crippen molar-refractivity contribution in [1.82, 2.24) is 0 Å². The molecular weight excluding hydrogens is 356 g/mol. The third kappa shape index (κ3) is 26.2. The zero-order chi connectivity index (χ0) is 11.8. The molecule has 0 aromatic rings. The summed E-state index contributed by atoms with van der Waals surface area (Å²) >= 11 is 0. The SMILES string of the molecule is CC(=O)OCC(COC(C)=O)OC(C)=O.[Fe+2].[O-2].[O-2].[O-2].[Ti+4]. The number of ether oxygens (including phenoxy) is 3. The molecule has 0 atom stereocenters. The van der Waals surface area contributed by atoms with E-state index >= 15 is 0 Å². The Morgan fingerprint density at radius 1 is 0.800 bits per heavy atom. The molecule has 0 heterocycles. The van der Waals surface area contributed by atoms with Gasteiger partial charge in [0, 0.05) is 20.8 Å². The quantitative estimate of drug-likeness (QED) is 0.366. The van der Waals surface area contributed by atoms with Crippen LogP contribution in [0.1, 0.15) is 20.8 Å². The van der Waals surface area contributed by atoms with Gasteiger partial charge in [-0.1, -0.05) is 0 Å². The summed E-state index contributed by atoms with van der Waals surface area (Å²) < 4.78 is 14.0. The largest absolute Gasteiger partial charge is 4.00 e. The molecule has 0 rings (SSSR count). The number of carbonyl (C=O) groups excluding carboxylic acids is 3. The molecule has 11 heteroatoms. The fourth-order valence-electron chi connectivity index (χ4n) is 0.771. The van der Waals surface area contributed by atoms with Gasteiger partial charge in [0.1, 0.15) is 13.2 Å². The molecule has 0 saturated carbocycles. The maximum atomic E-state index is 10.6. The minimum atomic E-state index is -0.754. The molecule has 0 amide bonds. The van der Waals surface area contributed by atoms with Gasteiger partial charge in [0.25, 0.3) is 0 Å². The average Bonchev–Trinajstić information content (AvgIpc) is 2.08. The van der Waals surface area contributed by atoms with Gasteiger partial charge in [0.05, 0.1) is 0 Å². The monoisotopic (exact) mass is 370 g/mol. The maximum Gasteiger partial charge on any atom is 4.00 e. The first-order chi connectivity index (χ1) is 6.91. The molecule has 0 unspecified atom stereocenters. The normalized spacial score (nSPS) is 7.20. The number of rotatable bonds is 5. The minimum Gasteiger partial charge on any atom is -2.00 e. The summed E-state index contributed by atoms with van der Waals surface area (Å²) in [7, 11) is 0. The fraction of sp³-hybridized carbons (Fsp3) is 0.667. The molecule has 0 radical (unpaired) electrons. The van der Waals surface area contributed by atoms with E-state index in [1.54, 1.807) is 0 Å². The van der Waals surface area contributed by atoms with E-state index in [0.29, 0.717) is 0 Å². The van der Waals surface area contributed by atoms with Crippen LogP contribution in [0, 0.1) is 0 Å². The van der Waals surface area contributed by atoms with E-state index in [0.717, 1.165) is 0 Å². The topological polar surface area (TPSA) is 164 Å². The predicted molar refractivity (Wildman–Crippen MR) is 50.9 cm³/mol. The third-order valence-electron chi connectivity index (χ3n) is 1.28. The van der Waals surface area contributed by atoms with Crippen LogP contribution in [-0.2, 0) is 83.8 Å². The predicted octanol–water partition coefficient (Wildman–Crippen LogP) is -0.317. The Morgan fingerprint density at radius 3 is 1.30 bits per heavy atom. The van der Waals surface area contributed by atoms with Gasteiger partial charge >= 0.3 is 56.7 Å². The van der Waals surface area contributed by atoms with E-state index < -0.39 is 24.0 Å². The molecule has 0 spiro atoms. The summed E-state index contributed by atoms with van der Waals surface area (Å²) in [4.78, 5) is 31.6. The van der Waals surface area contributed by atoms with Crippen LogP contribution in [0.15, 0.2) is 0 Å². The van der Waals surface area contributed by atoms with Gasteiger partial charge in [-0.05, 0) is 0 Å².